The van der Waals surface area contributed by atoms with Crippen LogP contribution in [-0.4, -0.2) is 79.1 Å². The van der Waals surface area contributed by atoms with Gasteiger partial charge in [-0.1, -0.05) is 23.7 Å². The second-order valence-corrected chi connectivity index (χ2v) is 11.5. The third kappa shape index (κ3) is 7.30. The van der Waals surface area contributed by atoms with E-state index in [0.717, 1.165) is 55.0 Å². The predicted molar refractivity (Wildman–Crippen MR) is 159 cm³/mol. The van der Waals surface area contributed by atoms with Crippen molar-refractivity contribution in [3.8, 4) is 16.9 Å². The van der Waals surface area contributed by atoms with Gasteiger partial charge in [-0.3, -0.25) is 9.69 Å². The topological polar surface area (TPSA) is 75.2 Å². The first-order valence-electron chi connectivity index (χ1n) is 14.6. The molecule has 2 saturated heterocycles. The van der Waals surface area contributed by atoms with Crippen molar-refractivity contribution in [1.29, 1.82) is 0 Å². The monoisotopic (exact) mass is 582 g/mol. The summed E-state index contributed by atoms with van der Waals surface area (Å²) < 4.78 is 25.4. The molecule has 3 aromatic rings. The quantitative estimate of drug-likeness (QED) is 0.360. The molecule has 1 atom stereocenters. The molecule has 0 saturated carbocycles. The van der Waals surface area contributed by atoms with Crippen LogP contribution < -0.4 is 10.5 Å². The number of carbonyl (C=O) groups excluding carboxylic acids is 1. The second kappa shape index (κ2) is 13.8. The van der Waals surface area contributed by atoms with Crippen molar-refractivity contribution in [3.05, 3.63) is 77.0 Å². The fraction of sp³-hybridized carbons (Fsp3) is 0.469. The van der Waals surface area contributed by atoms with Crippen LogP contribution >= 0.6 is 11.6 Å². The molecule has 0 aliphatic carbocycles. The number of piperazine rings is 1. The molecule has 0 spiro atoms. The number of piperidine rings is 1. The van der Waals surface area contributed by atoms with E-state index in [-0.39, 0.29) is 17.6 Å². The number of halogens is 2. The molecule has 5 rings (SSSR count). The zero-order valence-corrected chi connectivity index (χ0v) is 24.5. The zero-order chi connectivity index (χ0) is 28.8. The Kier molecular flexibility index (Phi) is 9.98. The molecule has 2 N–H and O–H groups in total. The van der Waals surface area contributed by atoms with Crippen LogP contribution in [0.2, 0.25) is 5.02 Å². The maximum Gasteiger partial charge on any atom is 0.239 e. The van der Waals surface area contributed by atoms with Gasteiger partial charge in [-0.05, 0) is 86.7 Å². The van der Waals surface area contributed by atoms with E-state index >= 15 is 0 Å². The Morgan fingerprint density at radius 1 is 1.10 bits per heavy atom. The molecular formula is C32H40ClFN4O3. The van der Waals surface area contributed by atoms with Crippen LogP contribution in [0.3, 0.4) is 0 Å². The van der Waals surface area contributed by atoms with E-state index in [4.69, 9.17) is 26.5 Å². The standard InChI is InChI=1S/C32H40ClFN4O3/c1-2-41-30-5-3-4-29(34)28(30)21-37-15-17-38(18-16-37)32(39)31(35)23-8-12-36(13-9-23)14-10-24-20-26(33)6-7-27(24)25-11-19-40-22-25/h3-7,11,19-20,22-23,31H,2,8-10,12-18,21,35H2,1H3/t31-/m1/s1. The molecule has 41 heavy (non-hydrogen) atoms. The molecule has 2 fully saturated rings. The van der Waals surface area contributed by atoms with Crippen LogP contribution in [0.15, 0.2) is 59.4 Å². The molecule has 9 heteroatoms. The summed E-state index contributed by atoms with van der Waals surface area (Å²) in [6, 6.07) is 12.4. The number of hydrogen-bond acceptors (Lipinski definition) is 6. The summed E-state index contributed by atoms with van der Waals surface area (Å²) in [4.78, 5) is 19.8. The average molecular weight is 583 g/mol. The number of benzene rings is 2. The number of nitrogens with zero attached hydrogens (tertiary/aromatic N) is 3. The number of amides is 1. The molecule has 2 aromatic carbocycles. The lowest BCUT2D eigenvalue weighted by Crippen LogP contribution is -2.55. The molecule has 3 heterocycles. The van der Waals surface area contributed by atoms with Crippen LogP contribution in [0, 0.1) is 11.7 Å². The second-order valence-electron chi connectivity index (χ2n) is 11.0. The third-order valence-electron chi connectivity index (χ3n) is 8.46. The highest BCUT2D eigenvalue weighted by Gasteiger charge is 2.33. The zero-order valence-electron chi connectivity index (χ0n) is 23.7. The van der Waals surface area contributed by atoms with Crippen molar-refractivity contribution in [1.82, 2.24) is 14.7 Å². The van der Waals surface area contributed by atoms with E-state index in [1.54, 1.807) is 18.6 Å². The number of nitrogens with two attached hydrogens (primary N) is 1. The van der Waals surface area contributed by atoms with E-state index in [1.807, 2.05) is 36.1 Å². The summed E-state index contributed by atoms with van der Waals surface area (Å²) in [5.74, 6) is 0.545. The van der Waals surface area contributed by atoms with E-state index in [9.17, 15) is 9.18 Å². The molecular weight excluding hydrogens is 543 g/mol. The number of rotatable bonds is 10. The van der Waals surface area contributed by atoms with Crippen molar-refractivity contribution in [3.63, 3.8) is 0 Å². The molecule has 2 aliphatic heterocycles. The molecule has 1 aromatic heterocycles. The lowest BCUT2D eigenvalue weighted by atomic mass is 9.88. The SMILES string of the molecule is CCOc1cccc(F)c1CN1CCN(C(=O)[C@H](N)C2CCN(CCc3cc(Cl)ccc3-c3ccoc3)CC2)CC1. The minimum Gasteiger partial charge on any atom is -0.493 e. The Hall–Kier alpha value is -2.91. The van der Waals surface area contributed by atoms with Gasteiger partial charge >= 0.3 is 0 Å². The number of furan rings is 1. The third-order valence-corrected chi connectivity index (χ3v) is 8.70. The van der Waals surface area contributed by atoms with Crippen LogP contribution in [0.1, 0.15) is 30.9 Å². The minimum atomic E-state index is -0.486. The Bertz CT molecular complexity index is 1290. The van der Waals surface area contributed by atoms with Gasteiger partial charge in [-0.2, -0.15) is 0 Å². The highest BCUT2D eigenvalue weighted by molar-refractivity contribution is 6.30. The Morgan fingerprint density at radius 2 is 1.88 bits per heavy atom. The van der Waals surface area contributed by atoms with Gasteiger partial charge in [-0.15, -0.1) is 0 Å². The van der Waals surface area contributed by atoms with E-state index in [1.165, 1.54) is 11.6 Å². The van der Waals surface area contributed by atoms with Crippen molar-refractivity contribution in [2.45, 2.75) is 38.8 Å². The summed E-state index contributed by atoms with van der Waals surface area (Å²) in [6.45, 7) is 8.19. The largest absolute Gasteiger partial charge is 0.493 e. The molecule has 0 unspecified atom stereocenters. The van der Waals surface area contributed by atoms with Crippen LogP contribution in [0.4, 0.5) is 4.39 Å². The first kappa shape index (κ1) is 29.6. The number of hydrogen-bond donors (Lipinski definition) is 1. The highest BCUT2D eigenvalue weighted by Crippen LogP contribution is 2.29. The van der Waals surface area contributed by atoms with E-state index < -0.39 is 6.04 Å². The van der Waals surface area contributed by atoms with Gasteiger partial charge in [-0.25, -0.2) is 4.39 Å². The van der Waals surface area contributed by atoms with Gasteiger partial charge in [0.2, 0.25) is 5.91 Å². The van der Waals surface area contributed by atoms with Gasteiger partial charge in [0.25, 0.3) is 0 Å². The van der Waals surface area contributed by atoms with Crippen molar-refractivity contribution < 1.29 is 18.3 Å². The van der Waals surface area contributed by atoms with Gasteiger partial charge in [0, 0.05) is 55.4 Å². The van der Waals surface area contributed by atoms with Gasteiger partial charge < -0.3 is 24.7 Å². The maximum absolute atomic E-state index is 14.5. The van der Waals surface area contributed by atoms with Crippen LogP contribution in [-0.2, 0) is 17.8 Å². The van der Waals surface area contributed by atoms with Crippen LogP contribution in [0.5, 0.6) is 5.75 Å². The Morgan fingerprint density at radius 3 is 2.59 bits per heavy atom. The first-order valence-corrected chi connectivity index (χ1v) is 15.0. The van der Waals surface area contributed by atoms with Crippen LogP contribution in [0.25, 0.3) is 11.1 Å². The summed E-state index contributed by atoms with van der Waals surface area (Å²) in [5.41, 5.74) is 10.5. The smallest absolute Gasteiger partial charge is 0.239 e. The molecule has 0 bridgehead atoms. The van der Waals surface area contributed by atoms with Gasteiger partial charge in [0.15, 0.2) is 0 Å². The van der Waals surface area contributed by atoms with Gasteiger partial charge in [0.1, 0.15) is 11.6 Å². The molecule has 1 amide bonds. The number of carbonyl (C=O) groups is 1. The predicted octanol–water partition coefficient (Wildman–Crippen LogP) is 5.06. The normalized spacial score (nSPS) is 18.0. The minimum absolute atomic E-state index is 0.0349. The Labute approximate surface area is 247 Å². The van der Waals surface area contributed by atoms with E-state index in [0.29, 0.717) is 50.6 Å². The van der Waals surface area contributed by atoms with E-state index in [2.05, 4.69) is 15.9 Å². The lowest BCUT2D eigenvalue weighted by Gasteiger charge is -2.39. The molecule has 220 valence electrons. The number of likely N-dealkylation sites (tertiary alicyclic amines) is 1. The fourth-order valence-corrected chi connectivity index (χ4v) is 6.22. The van der Waals surface area contributed by atoms with Crippen molar-refractivity contribution in [2.24, 2.45) is 11.7 Å². The lowest BCUT2D eigenvalue weighted by molar-refractivity contribution is -0.136. The first-order chi connectivity index (χ1) is 19.9. The summed E-state index contributed by atoms with van der Waals surface area (Å²) in [5, 5.41) is 0.735. The van der Waals surface area contributed by atoms with Gasteiger partial charge in [0.05, 0.1) is 25.2 Å². The maximum atomic E-state index is 14.5. The highest BCUT2D eigenvalue weighted by atomic mass is 35.5. The summed E-state index contributed by atoms with van der Waals surface area (Å²) in [6.07, 6.45) is 6.15. The summed E-state index contributed by atoms with van der Waals surface area (Å²) >= 11 is 6.31. The molecule has 0 radical (unpaired) electrons. The van der Waals surface area contributed by atoms with Crippen molar-refractivity contribution in [2.75, 3.05) is 52.4 Å². The fourth-order valence-electron chi connectivity index (χ4n) is 6.03. The summed E-state index contributed by atoms with van der Waals surface area (Å²) in [7, 11) is 0. The molecule has 2 aliphatic rings. The Balaban J connectivity index is 1.08. The molecule has 7 nitrogen and oxygen atoms in total. The van der Waals surface area contributed by atoms with Crippen molar-refractivity contribution >= 4 is 17.5 Å². The number of ether oxygens (including phenoxy) is 1. The average Bonchev–Trinajstić information content (AvgIpc) is 3.53.